The number of rotatable bonds is 8. The third kappa shape index (κ3) is 5.50. The van der Waals surface area contributed by atoms with E-state index >= 15 is 0 Å². The topological polar surface area (TPSA) is 92.5 Å². The summed E-state index contributed by atoms with van der Waals surface area (Å²) in [5, 5.41) is 4.57. The van der Waals surface area contributed by atoms with Crippen molar-refractivity contribution in [1.82, 2.24) is 24.4 Å². The second-order valence-corrected chi connectivity index (χ2v) is 12.0. The molecule has 3 fully saturated rings. The Morgan fingerprint density at radius 3 is 2.39 bits per heavy atom. The lowest BCUT2D eigenvalue weighted by Crippen LogP contribution is -2.49. The number of nitrogens with zero attached hydrogens (tertiary/aromatic N) is 6. The molecule has 0 aliphatic carbocycles. The van der Waals surface area contributed by atoms with E-state index in [1.807, 2.05) is 52.3 Å². The van der Waals surface area contributed by atoms with Gasteiger partial charge in [-0.2, -0.15) is 5.10 Å². The number of pyridine rings is 2. The number of piperazine rings is 1. The molecule has 4 aromatic rings. The minimum absolute atomic E-state index is 0.0382. The largest absolute Gasteiger partial charge is 0.497 e. The summed E-state index contributed by atoms with van der Waals surface area (Å²) in [4.78, 5) is 36.4. The van der Waals surface area contributed by atoms with Gasteiger partial charge >= 0.3 is 0 Å². The minimum atomic E-state index is 0.0382. The number of carbonyl (C=O) groups excluding carboxylic acids is 2. The monoisotopic (exact) mass is 594 g/mol. The molecule has 3 aliphatic rings. The first-order valence-corrected chi connectivity index (χ1v) is 15.5. The van der Waals surface area contributed by atoms with Crippen molar-refractivity contribution in [3.05, 3.63) is 72.2 Å². The van der Waals surface area contributed by atoms with Crippen LogP contribution in [-0.2, 0) is 4.79 Å². The van der Waals surface area contributed by atoms with Crippen LogP contribution in [0.5, 0.6) is 11.5 Å². The number of ketones is 1. The number of fused-ring (bicyclic) bond motifs is 3. The fourth-order valence-corrected chi connectivity index (χ4v) is 7.03. The summed E-state index contributed by atoms with van der Waals surface area (Å²) in [6, 6.07) is 14.3. The molecule has 10 nitrogen and oxygen atoms in total. The van der Waals surface area contributed by atoms with Gasteiger partial charge in [0, 0.05) is 80.5 Å². The Morgan fingerprint density at radius 2 is 1.70 bits per heavy atom. The van der Waals surface area contributed by atoms with Gasteiger partial charge in [-0.05, 0) is 67.8 Å². The molecule has 0 saturated carbocycles. The number of amides is 1. The number of Topliss-reactive ketones (excluding diaryl/α,β-unsaturated/α-hetero) is 1. The van der Waals surface area contributed by atoms with Crippen LogP contribution >= 0.6 is 0 Å². The van der Waals surface area contributed by atoms with Gasteiger partial charge in [-0.3, -0.25) is 14.5 Å². The molecule has 44 heavy (non-hydrogen) atoms. The summed E-state index contributed by atoms with van der Waals surface area (Å²) in [5.41, 5.74) is 4.81. The zero-order chi connectivity index (χ0) is 30.2. The van der Waals surface area contributed by atoms with Crippen LogP contribution in [0.25, 0.3) is 16.6 Å². The van der Waals surface area contributed by atoms with Gasteiger partial charge in [-0.25, -0.2) is 9.50 Å². The number of hydrogen-bond acceptors (Lipinski definition) is 8. The second kappa shape index (κ2) is 11.9. The first kappa shape index (κ1) is 28.3. The third-order valence-electron chi connectivity index (χ3n) is 9.37. The van der Waals surface area contributed by atoms with Crippen LogP contribution in [0.1, 0.15) is 41.6 Å². The molecule has 2 unspecified atom stereocenters. The summed E-state index contributed by atoms with van der Waals surface area (Å²) in [7, 11) is 1.62. The molecule has 1 aromatic carbocycles. The van der Waals surface area contributed by atoms with Crippen molar-refractivity contribution < 1.29 is 19.1 Å². The van der Waals surface area contributed by atoms with Crippen molar-refractivity contribution in [1.29, 1.82) is 0 Å². The van der Waals surface area contributed by atoms with Gasteiger partial charge in [0.2, 0.25) is 0 Å². The molecule has 3 aromatic heterocycles. The number of piperidine rings is 1. The quantitative estimate of drug-likeness (QED) is 0.299. The maximum absolute atomic E-state index is 13.0. The summed E-state index contributed by atoms with van der Waals surface area (Å²) < 4.78 is 13.4. The minimum Gasteiger partial charge on any atom is -0.497 e. The summed E-state index contributed by atoms with van der Waals surface area (Å²) in [6.07, 6.45) is 9.31. The number of methoxy groups -OCH3 is 1. The maximum Gasteiger partial charge on any atom is 0.253 e. The van der Waals surface area contributed by atoms with Crippen LogP contribution < -0.4 is 14.4 Å². The fraction of sp³-hybridized carbons (Fsp3) is 0.412. The number of aryl methyl sites for hydroxylation is 1. The van der Waals surface area contributed by atoms with E-state index in [0.29, 0.717) is 56.0 Å². The number of benzene rings is 1. The fourth-order valence-electron chi connectivity index (χ4n) is 7.03. The lowest BCUT2D eigenvalue weighted by Gasteiger charge is -2.35. The van der Waals surface area contributed by atoms with Crippen LogP contribution in [-0.4, -0.2) is 94.6 Å². The van der Waals surface area contributed by atoms with Crippen LogP contribution in [0.3, 0.4) is 0 Å². The zero-order valence-electron chi connectivity index (χ0n) is 25.3. The van der Waals surface area contributed by atoms with Gasteiger partial charge in [0.15, 0.2) is 0 Å². The van der Waals surface area contributed by atoms with Gasteiger partial charge in [0.25, 0.3) is 5.91 Å². The first-order chi connectivity index (χ1) is 21.5. The molecule has 0 N–H and O–H groups in total. The van der Waals surface area contributed by atoms with E-state index in [2.05, 4.69) is 40.0 Å². The van der Waals surface area contributed by atoms with Crippen molar-refractivity contribution >= 4 is 23.0 Å². The molecule has 3 aliphatic heterocycles. The highest BCUT2D eigenvalue weighted by Gasteiger charge is 2.39. The smallest absolute Gasteiger partial charge is 0.253 e. The highest BCUT2D eigenvalue weighted by molar-refractivity contribution is 5.94. The van der Waals surface area contributed by atoms with Gasteiger partial charge < -0.3 is 19.3 Å². The lowest BCUT2D eigenvalue weighted by molar-refractivity contribution is -0.123. The van der Waals surface area contributed by atoms with Gasteiger partial charge in [-0.1, -0.05) is 0 Å². The van der Waals surface area contributed by atoms with Crippen molar-refractivity contribution in [3.8, 4) is 22.6 Å². The van der Waals surface area contributed by atoms with E-state index < -0.39 is 0 Å². The normalized spacial score (nSPS) is 20.4. The molecule has 3 saturated heterocycles. The Labute approximate surface area is 257 Å². The predicted molar refractivity (Wildman–Crippen MR) is 168 cm³/mol. The van der Waals surface area contributed by atoms with Crippen molar-refractivity contribution in [2.75, 3.05) is 51.3 Å². The standard InChI is InChI=1S/C34H38N6O4/c1-23-20-36-40-22-30(44-16-15-39-26-6-7-27(39)18-28(41)17-26)19-31(33(23)40)25-5-10-32(35-21-25)37-11-13-38(14-12-37)34(42)24-3-8-29(43-2)9-4-24/h3-5,8-10,19-22,26-27H,6-7,11-18H2,1-2H3. The van der Waals surface area contributed by atoms with Crippen LogP contribution in [0.15, 0.2) is 61.1 Å². The van der Waals surface area contributed by atoms with Gasteiger partial charge in [-0.15, -0.1) is 0 Å². The van der Waals surface area contributed by atoms with Crippen molar-refractivity contribution in [3.63, 3.8) is 0 Å². The Morgan fingerprint density at radius 1 is 0.955 bits per heavy atom. The molecule has 228 valence electrons. The predicted octanol–water partition coefficient (Wildman–Crippen LogP) is 4.25. The van der Waals surface area contributed by atoms with Gasteiger partial charge in [0.05, 0.1) is 25.0 Å². The number of aromatic nitrogens is 3. The Kier molecular flexibility index (Phi) is 7.68. The number of ether oxygens (including phenoxy) is 2. The molecule has 0 spiro atoms. The molecule has 6 heterocycles. The van der Waals surface area contributed by atoms with Crippen LogP contribution in [0.4, 0.5) is 5.82 Å². The average Bonchev–Trinajstić information content (AvgIpc) is 3.55. The first-order valence-electron chi connectivity index (χ1n) is 15.5. The molecule has 10 heteroatoms. The molecular weight excluding hydrogens is 556 g/mol. The Bertz CT molecular complexity index is 1640. The van der Waals surface area contributed by atoms with E-state index in [9.17, 15) is 9.59 Å². The molecule has 0 radical (unpaired) electrons. The molecule has 1 amide bonds. The molecule has 2 atom stereocenters. The van der Waals surface area contributed by atoms with E-state index in [1.54, 1.807) is 7.11 Å². The third-order valence-corrected chi connectivity index (χ3v) is 9.37. The average molecular weight is 595 g/mol. The van der Waals surface area contributed by atoms with E-state index in [0.717, 1.165) is 72.0 Å². The molecule has 2 bridgehead atoms. The van der Waals surface area contributed by atoms with Crippen LogP contribution in [0, 0.1) is 6.92 Å². The Balaban J connectivity index is 1.02. The van der Waals surface area contributed by atoms with Crippen molar-refractivity contribution in [2.45, 2.75) is 44.7 Å². The SMILES string of the molecule is COc1ccc(C(=O)N2CCN(c3ccc(-c4cc(OCCN5C6CCC5CC(=O)C6)cn5ncc(C)c45)cn3)CC2)cc1. The number of anilines is 1. The maximum atomic E-state index is 13.0. The number of hydrogen-bond donors (Lipinski definition) is 0. The lowest BCUT2D eigenvalue weighted by atomic mass is 10.0. The Hall–Kier alpha value is -4.44. The summed E-state index contributed by atoms with van der Waals surface area (Å²) in [5.74, 6) is 2.84. The molecular formula is C34H38N6O4. The highest BCUT2D eigenvalue weighted by atomic mass is 16.5. The van der Waals surface area contributed by atoms with E-state index in [4.69, 9.17) is 14.5 Å². The van der Waals surface area contributed by atoms with E-state index in [-0.39, 0.29) is 5.91 Å². The summed E-state index contributed by atoms with van der Waals surface area (Å²) in [6.45, 7) is 6.16. The molecule has 7 rings (SSSR count). The number of carbonyl (C=O) groups is 2. The highest BCUT2D eigenvalue weighted by Crippen LogP contribution is 2.34. The van der Waals surface area contributed by atoms with Crippen molar-refractivity contribution in [2.24, 2.45) is 0 Å². The zero-order valence-corrected chi connectivity index (χ0v) is 25.3. The second-order valence-electron chi connectivity index (χ2n) is 12.0. The van der Waals surface area contributed by atoms with E-state index in [1.165, 1.54) is 0 Å². The summed E-state index contributed by atoms with van der Waals surface area (Å²) >= 11 is 0. The van der Waals surface area contributed by atoms with Crippen LogP contribution in [0.2, 0.25) is 0 Å². The van der Waals surface area contributed by atoms with Gasteiger partial charge in [0.1, 0.15) is 29.7 Å².